The summed E-state index contributed by atoms with van der Waals surface area (Å²) < 4.78 is 12.9. The zero-order chi connectivity index (χ0) is 10.0. The summed E-state index contributed by atoms with van der Waals surface area (Å²) in [6.07, 6.45) is -3.15. The molecule has 1 saturated carbocycles. The molecule has 1 aliphatic rings. The van der Waals surface area contributed by atoms with Crippen molar-refractivity contribution < 1.29 is 24.2 Å². The fraction of sp³-hybridized carbons (Fsp3) is 0.833. The van der Waals surface area contributed by atoms with Crippen LogP contribution >= 0.6 is 0 Å². The van der Waals surface area contributed by atoms with Gasteiger partial charge in [-0.1, -0.05) is 0 Å². The number of carboxylic acid groups (broad SMARTS) is 1. The van der Waals surface area contributed by atoms with Crippen molar-refractivity contribution in [3.63, 3.8) is 0 Å². The van der Waals surface area contributed by atoms with Crippen LogP contribution in [0.1, 0.15) is 12.8 Å². The molecular weight excluding hydrogens is 185 g/mol. The number of halogens is 1. The summed E-state index contributed by atoms with van der Waals surface area (Å²) in [5, 5.41) is 17.2. The molecule has 0 spiro atoms. The van der Waals surface area contributed by atoms with E-state index in [4.69, 9.17) is 5.11 Å². The first-order valence-electron chi connectivity index (χ1n) is 3.68. The second kappa shape index (κ2) is 3.55. The standard InChI is InChI=1S/C6H8FNO5/c7-4-1-3(6(9)10)2-5(4)13-8(11)12/h3-5H,1-2H2,(H,9,10)/t3-,4+,5+/m1/s1. The number of carbonyl (C=O) groups is 1. The van der Waals surface area contributed by atoms with Gasteiger partial charge in [0.15, 0.2) is 0 Å². The second-order valence-electron chi connectivity index (χ2n) is 2.89. The molecule has 1 aliphatic carbocycles. The Balaban J connectivity index is 2.51. The van der Waals surface area contributed by atoms with Gasteiger partial charge in [0.05, 0.1) is 5.92 Å². The molecule has 0 heterocycles. The Morgan fingerprint density at radius 3 is 2.62 bits per heavy atom. The summed E-state index contributed by atoms with van der Waals surface area (Å²) in [6, 6.07) is 0. The molecule has 7 heteroatoms. The van der Waals surface area contributed by atoms with Crippen LogP contribution in [0, 0.1) is 16.0 Å². The number of carboxylic acids is 1. The zero-order valence-corrected chi connectivity index (χ0v) is 6.55. The van der Waals surface area contributed by atoms with E-state index in [0.717, 1.165) is 0 Å². The molecule has 1 N–H and O–H groups in total. The van der Waals surface area contributed by atoms with Crippen molar-refractivity contribution in [3.05, 3.63) is 10.1 Å². The maximum Gasteiger partial charge on any atom is 0.306 e. The quantitative estimate of drug-likeness (QED) is 0.517. The number of nitrogens with zero attached hydrogens (tertiary/aromatic N) is 1. The van der Waals surface area contributed by atoms with Gasteiger partial charge in [0.25, 0.3) is 5.09 Å². The van der Waals surface area contributed by atoms with E-state index in [1.807, 2.05) is 0 Å². The van der Waals surface area contributed by atoms with Gasteiger partial charge in [0.2, 0.25) is 0 Å². The predicted molar refractivity (Wildman–Crippen MR) is 37.1 cm³/mol. The molecule has 0 radical (unpaired) electrons. The molecule has 0 bridgehead atoms. The summed E-state index contributed by atoms with van der Waals surface area (Å²) in [7, 11) is 0. The average molecular weight is 193 g/mol. The number of hydrogen-bond donors (Lipinski definition) is 1. The van der Waals surface area contributed by atoms with Gasteiger partial charge in [-0.3, -0.25) is 4.79 Å². The molecule has 0 aliphatic heterocycles. The van der Waals surface area contributed by atoms with Crippen LogP contribution in [-0.2, 0) is 9.63 Å². The summed E-state index contributed by atoms with van der Waals surface area (Å²) in [5.41, 5.74) is 0. The van der Waals surface area contributed by atoms with Gasteiger partial charge in [-0.05, 0) is 12.8 Å². The Morgan fingerprint density at radius 1 is 1.62 bits per heavy atom. The Kier molecular flexibility index (Phi) is 2.64. The smallest absolute Gasteiger partial charge is 0.306 e. The minimum atomic E-state index is -1.56. The Morgan fingerprint density at radius 2 is 2.23 bits per heavy atom. The Labute approximate surface area is 72.4 Å². The molecule has 0 saturated heterocycles. The SMILES string of the molecule is O=C(O)[C@H]1C[C@H](O[N+](=O)[O-])[C@@H](F)C1. The lowest BCUT2D eigenvalue weighted by Gasteiger charge is -2.08. The molecule has 1 rings (SSSR count). The molecule has 1 fully saturated rings. The van der Waals surface area contributed by atoms with Gasteiger partial charge in [0.1, 0.15) is 12.3 Å². The van der Waals surface area contributed by atoms with Gasteiger partial charge >= 0.3 is 5.97 Å². The highest BCUT2D eigenvalue weighted by Crippen LogP contribution is 2.30. The van der Waals surface area contributed by atoms with E-state index in [9.17, 15) is 19.3 Å². The van der Waals surface area contributed by atoms with Crippen LogP contribution in [-0.4, -0.2) is 28.4 Å². The molecular formula is C6H8FNO5. The zero-order valence-electron chi connectivity index (χ0n) is 6.55. The van der Waals surface area contributed by atoms with Crippen LogP contribution < -0.4 is 0 Å². The largest absolute Gasteiger partial charge is 0.481 e. The maximum absolute atomic E-state index is 12.9. The first-order chi connectivity index (χ1) is 6.00. The lowest BCUT2D eigenvalue weighted by molar-refractivity contribution is -0.769. The van der Waals surface area contributed by atoms with Crippen LogP contribution in [0.15, 0.2) is 0 Å². The molecule has 13 heavy (non-hydrogen) atoms. The summed E-state index contributed by atoms with van der Waals surface area (Å²) in [5.74, 6) is -2.02. The number of alkyl halides is 1. The fourth-order valence-corrected chi connectivity index (χ4v) is 1.37. The molecule has 0 unspecified atom stereocenters. The summed E-state index contributed by atoms with van der Waals surface area (Å²) >= 11 is 0. The lowest BCUT2D eigenvalue weighted by atomic mass is 10.1. The third-order valence-electron chi connectivity index (χ3n) is 2.00. The van der Waals surface area contributed by atoms with Crippen LogP contribution in [0.5, 0.6) is 0 Å². The molecule has 6 nitrogen and oxygen atoms in total. The molecule has 3 atom stereocenters. The van der Waals surface area contributed by atoms with E-state index in [0.29, 0.717) is 0 Å². The van der Waals surface area contributed by atoms with Crippen molar-refractivity contribution in [1.29, 1.82) is 0 Å². The second-order valence-corrected chi connectivity index (χ2v) is 2.89. The Hall–Kier alpha value is -1.40. The summed E-state index contributed by atoms with van der Waals surface area (Å²) in [4.78, 5) is 24.2. The van der Waals surface area contributed by atoms with Crippen LogP contribution in [0.25, 0.3) is 0 Å². The fourth-order valence-electron chi connectivity index (χ4n) is 1.37. The van der Waals surface area contributed by atoms with Gasteiger partial charge in [-0.25, -0.2) is 4.39 Å². The van der Waals surface area contributed by atoms with Crippen LogP contribution in [0.3, 0.4) is 0 Å². The van der Waals surface area contributed by atoms with E-state index in [1.54, 1.807) is 0 Å². The minimum absolute atomic E-state index is 0.141. The van der Waals surface area contributed by atoms with Crippen molar-refractivity contribution in [2.75, 3.05) is 0 Å². The van der Waals surface area contributed by atoms with Gasteiger partial charge in [0, 0.05) is 0 Å². The third kappa shape index (κ3) is 2.27. The molecule has 0 aromatic carbocycles. The Bertz CT molecular complexity index is 233. The monoisotopic (exact) mass is 193 g/mol. The highest BCUT2D eigenvalue weighted by atomic mass is 19.1. The topological polar surface area (TPSA) is 89.7 Å². The summed E-state index contributed by atoms with van der Waals surface area (Å²) in [6.45, 7) is 0. The number of hydrogen-bond acceptors (Lipinski definition) is 4. The number of rotatable bonds is 3. The maximum atomic E-state index is 12.9. The molecule has 0 aromatic heterocycles. The van der Waals surface area contributed by atoms with E-state index in [-0.39, 0.29) is 12.8 Å². The minimum Gasteiger partial charge on any atom is -0.481 e. The van der Waals surface area contributed by atoms with Crippen molar-refractivity contribution in [3.8, 4) is 0 Å². The lowest BCUT2D eigenvalue weighted by Crippen LogP contribution is -2.22. The first kappa shape index (κ1) is 9.69. The van der Waals surface area contributed by atoms with Crippen molar-refractivity contribution >= 4 is 5.97 Å². The normalized spacial score (nSPS) is 32.8. The molecule has 0 amide bonds. The van der Waals surface area contributed by atoms with Gasteiger partial charge in [-0.2, -0.15) is 0 Å². The van der Waals surface area contributed by atoms with Crippen LogP contribution in [0.4, 0.5) is 4.39 Å². The molecule has 74 valence electrons. The van der Waals surface area contributed by atoms with E-state index in [1.165, 1.54) is 0 Å². The predicted octanol–water partition coefficient (Wildman–Crippen LogP) is 0.396. The van der Waals surface area contributed by atoms with Crippen molar-refractivity contribution in [1.82, 2.24) is 0 Å². The first-order valence-corrected chi connectivity index (χ1v) is 3.68. The number of aliphatic carboxylic acids is 1. The third-order valence-corrected chi connectivity index (χ3v) is 2.00. The van der Waals surface area contributed by atoms with Crippen LogP contribution in [0.2, 0.25) is 0 Å². The molecule has 0 aromatic rings. The van der Waals surface area contributed by atoms with Gasteiger partial charge in [-0.15, -0.1) is 10.1 Å². The van der Waals surface area contributed by atoms with E-state index in [2.05, 4.69) is 4.84 Å². The van der Waals surface area contributed by atoms with Crippen molar-refractivity contribution in [2.45, 2.75) is 25.1 Å². The van der Waals surface area contributed by atoms with Crippen molar-refractivity contribution in [2.24, 2.45) is 5.92 Å². The highest BCUT2D eigenvalue weighted by Gasteiger charge is 2.40. The van der Waals surface area contributed by atoms with Gasteiger partial charge < -0.3 is 9.94 Å². The highest BCUT2D eigenvalue weighted by molar-refractivity contribution is 5.70. The van der Waals surface area contributed by atoms with E-state index >= 15 is 0 Å². The average Bonchev–Trinajstić information content (AvgIpc) is 2.31. The van der Waals surface area contributed by atoms with E-state index < -0.39 is 29.2 Å².